The summed E-state index contributed by atoms with van der Waals surface area (Å²) in [6, 6.07) is 2.94. The quantitative estimate of drug-likeness (QED) is 0.704. The first-order valence-corrected chi connectivity index (χ1v) is 11.5. The van der Waals surface area contributed by atoms with Crippen molar-refractivity contribution in [3.63, 3.8) is 0 Å². The van der Waals surface area contributed by atoms with Gasteiger partial charge in [0.25, 0.3) is 0 Å². The third kappa shape index (κ3) is 4.62. The molecule has 33 heavy (non-hydrogen) atoms. The fourth-order valence-electron chi connectivity index (χ4n) is 4.68. The summed E-state index contributed by atoms with van der Waals surface area (Å²) in [5.41, 5.74) is 2.74. The highest BCUT2D eigenvalue weighted by molar-refractivity contribution is 6.07. The lowest BCUT2D eigenvalue weighted by Crippen LogP contribution is -2.39. The second-order valence-electron chi connectivity index (χ2n) is 8.53. The Morgan fingerprint density at radius 1 is 1.30 bits per heavy atom. The van der Waals surface area contributed by atoms with Gasteiger partial charge in [0.2, 0.25) is 5.91 Å². The lowest BCUT2D eigenvalue weighted by Gasteiger charge is -2.31. The van der Waals surface area contributed by atoms with Crippen molar-refractivity contribution in [2.24, 2.45) is 4.99 Å². The molecule has 2 aromatic heterocycles. The lowest BCUT2D eigenvalue weighted by molar-refractivity contribution is -0.129. The number of nitrogens with zero attached hydrogens (tertiary/aromatic N) is 5. The molecule has 9 nitrogen and oxygen atoms in total. The fourth-order valence-corrected chi connectivity index (χ4v) is 4.68. The van der Waals surface area contributed by atoms with E-state index in [1.54, 1.807) is 29.8 Å². The Morgan fingerprint density at radius 2 is 2.24 bits per heavy atom. The minimum Gasteiger partial charge on any atom is -0.467 e. The molecule has 3 amide bonds. The average Bonchev–Trinajstić information content (AvgIpc) is 3.60. The number of aryl methyl sites for hydroxylation is 1. The molecule has 9 heteroatoms. The van der Waals surface area contributed by atoms with Gasteiger partial charge in [0, 0.05) is 38.6 Å². The van der Waals surface area contributed by atoms with E-state index in [9.17, 15) is 9.59 Å². The molecule has 1 saturated heterocycles. The van der Waals surface area contributed by atoms with Gasteiger partial charge in [-0.25, -0.2) is 9.78 Å². The summed E-state index contributed by atoms with van der Waals surface area (Å²) >= 11 is 0. The van der Waals surface area contributed by atoms with Crippen molar-refractivity contribution in [3.05, 3.63) is 66.2 Å². The monoisotopic (exact) mass is 448 g/mol. The van der Waals surface area contributed by atoms with E-state index in [1.165, 1.54) is 11.1 Å². The Labute approximate surface area is 192 Å². The van der Waals surface area contributed by atoms with Crippen LogP contribution in [-0.2, 0) is 11.3 Å². The lowest BCUT2D eigenvalue weighted by atomic mass is 9.92. The van der Waals surface area contributed by atoms with E-state index in [4.69, 9.17) is 4.42 Å². The summed E-state index contributed by atoms with van der Waals surface area (Å²) in [6.45, 7) is 2.65. The smallest absolute Gasteiger partial charge is 0.323 e. The first kappa shape index (κ1) is 21.2. The molecule has 5 rings (SSSR count). The number of carbonyl (C=O) groups is 2. The Kier molecular flexibility index (Phi) is 6.10. The van der Waals surface area contributed by atoms with Gasteiger partial charge in [-0.05, 0) is 43.4 Å². The highest BCUT2D eigenvalue weighted by atomic mass is 16.3. The first-order chi connectivity index (χ1) is 16.2. The van der Waals surface area contributed by atoms with Crippen LogP contribution in [-0.4, -0.2) is 63.3 Å². The number of urea groups is 1. The van der Waals surface area contributed by atoms with Crippen molar-refractivity contribution in [1.29, 1.82) is 0 Å². The van der Waals surface area contributed by atoms with Gasteiger partial charge in [-0.3, -0.25) is 15.1 Å². The summed E-state index contributed by atoms with van der Waals surface area (Å²) in [4.78, 5) is 37.8. The number of hydrogen-bond acceptors (Lipinski definition) is 5. The van der Waals surface area contributed by atoms with Crippen LogP contribution < -0.4 is 5.32 Å². The van der Waals surface area contributed by atoms with E-state index in [0.29, 0.717) is 24.7 Å². The maximum atomic E-state index is 12.9. The molecule has 1 N–H and O–H groups in total. The molecule has 2 aliphatic heterocycles. The number of amides is 3. The number of amidine groups is 1. The molecule has 1 aliphatic carbocycles. The van der Waals surface area contributed by atoms with Crippen LogP contribution in [0, 0.1) is 0 Å². The Bertz CT molecular complexity index is 1080. The molecule has 1 unspecified atom stereocenters. The van der Waals surface area contributed by atoms with E-state index in [2.05, 4.69) is 27.4 Å². The van der Waals surface area contributed by atoms with Crippen molar-refractivity contribution < 1.29 is 14.0 Å². The summed E-state index contributed by atoms with van der Waals surface area (Å²) in [5, 5.41) is 2.86. The number of aliphatic imine (C=N–C) groups is 1. The van der Waals surface area contributed by atoms with Crippen LogP contribution >= 0.6 is 0 Å². The topological polar surface area (TPSA) is 96.0 Å². The molecule has 0 bridgehead atoms. The number of furan rings is 1. The Balaban J connectivity index is 1.26. The zero-order valence-electron chi connectivity index (χ0n) is 18.5. The highest BCUT2D eigenvalue weighted by Crippen LogP contribution is 2.28. The van der Waals surface area contributed by atoms with Gasteiger partial charge in [0.15, 0.2) is 0 Å². The molecule has 2 aromatic rings. The summed E-state index contributed by atoms with van der Waals surface area (Å²) in [7, 11) is 0. The normalized spacial score (nSPS) is 21.6. The molecule has 1 fully saturated rings. The van der Waals surface area contributed by atoms with Gasteiger partial charge in [0.05, 0.1) is 12.6 Å². The number of nitrogens with one attached hydrogen (secondary N) is 1. The molecule has 4 heterocycles. The van der Waals surface area contributed by atoms with Crippen LogP contribution in [0.3, 0.4) is 0 Å². The van der Waals surface area contributed by atoms with Crippen molar-refractivity contribution in [2.75, 3.05) is 26.2 Å². The fraction of sp³-hybridized carbons (Fsp3) is 0.417. The minimum atomic E-state index is -0.458. The Hall–Kier alpha value is -3.62. The highest BCUT2D eigenvalue weighted by Gasteiger charge is 2.39. The van der Waals surface area contributed by atoms with Crippen LogP contribution in [0.2, 0.25) is 0 Å². The molecule has 0 aromatic carbocycles. The predicted molar refractivity (Wildman–Crippen MR) is 122 cm³/mol. The number of rotatable bonds is 7. The van der Waals surface area contributed by atoms with Crippen molar-refractivity contribution in [3.8, 4) is 0 Å². The second kappa shape index (κ2) is 9.48. The van der Waals surface area contributed by atoms with Crippen LogP contribution in [0.5, 0.6) is 0 Å². The van der Waals surface area contributed by atoms with Gasteiger partial charge in [0.1, 0.15) is 24.2 Å². The number of carbonyl (C=O) groups excluding carboxylic acids is 2. The van der Waals surface area contributed by atoms with Crippen molar-refractivity contribution >= 4 is 17.8 Å². The van der Waals surface area contributed by atoms with Gasteiger partial charge in [-0.2, -0.15) is 0 Å². The number of hydrogen-bond donors (Lipinski definition) is 1. The van der Waals surface area contributed by atoms with Gasteiger partial charge < -0.3 is 18.8 Å². The molecule has 1 atom stereocenters. The van der Waals surface area contributed by atoms with E-state index in [-0.39, 0.29) is 18.5 Å². The average molecular weight is 449 g/mol. The van der Waals surface area contributed by atoms with E-state index >= 15 is 0 Å². The summed E-state index contributed by atoms with van der Waals surface area (Å²) in [5.74, 6) is 1.06. The second-order valence-corrected chi connectivity index (χ2v) is 8.53. The molecular formula is C24H28N6O3. The predicted octanol–water partition coefficient (Wildman–Crippen LogP) is 2.91. The first-order valence-electron chi connectivity index (χ1n) is 11.5. The molecule has 0 spiro atoms. The maximum Gasteiger partial charge on any atom is 0.323 e. The van der Waals surface area contributed by atoms with Gasteiger partial charge in [-0.1, -0.05) is 17.7 Å². The minimum absolute atomic E-state index is 0.00201. The number of aromatic nitrogens is 2. The van der Waals surface area contributed by atoms with E-state index in [0.717, 1.165) is 38.8 Å². The van der Waals surface area contributed by atoms with Crippen LogP contribution in [0.15, 0.2) is 69.8 Å². The van der Waals surface area contributed by atoms with Crippen LogP contribution in [0.1, 0.15) is 37.5 Å². The van der Waals surface area contributed by atoms with Crippen molar-refractivity contribution in [2.45, 2.75) is 38.3 Å². The molecule has 0 radical (unpaired) electrons. The third-order valence-corrected chi connectivity index (χ3v) is 6.42. The van der Waals surface area contributed by atoms with E-state index < -0.39 is 6.04 Å². The number of imidazole rings is 1. The van der Waals surface area contributed by atoms with Crippen molar-refractivity contribution in [1.82, 2.24) is 24.7 Å². The number of allylic oxidation sites excluding steroid dienone is 1. The van der Waals surface area contributed by atoms with Gasteiger partial charge >= 0.3 is 6.03 Å². The zero-order valence-corrected chi connectivity index (χ0v) is 18.5. The molecular weight excluding hydrogens is 420 g/mol. The van der Waals surface area contributed by atoms with Crippen LogP contribution in [0.25, 0.3) is 0 Å². The van der Waals surface area contributed by atoms with Gasteiger partial charge in [-0.15, -0.1) is 0 Å². The SMILES string of the molecule is O=C(CN=C1NC(=O)N(CCCn2ccnc2)C1c1ccco1)N1CCC2=C(C=CCC2)C1. The third-order valence-electron chi connectivity index (χ3n) is 6.42. The molecule has 3 aliphatic rings. The Morgan fingerprint density at radius 3 is 3.06 bits per heavy atom. The zero-order chi connectivity index (χ0) is 22.6. The summed E-state index contributed by atoms with van der Waals surface area (Å²) < 4.78 is 7.60. The van der Waals surface area contributed by atoms with Crippen LogP contribution in [0.4, 0.5) is 4.79 Å². The summed E-state index contributed by atoms with van der Waals surface area (Å²) in [6.07, 6.45) is 15.2. The molecule has 0 saturated carbocycles. The standard InChI is InChI=1S/C24H28N6O3/c31-21(29-12-8-18-5-1-2-6-19(18)16-29)15-26-23-22(20-7-3-14-33-20)30(24(32)27-23)11-4-10-28-13-9-25-17-28/h2-3,6-7,9,13-14,17,22H,1,4-5,8,10-12,15-16H2,(H,26,27,32). The van der Waals surface area contributed by atoms with E-state index in [1.807, 2.05) is 21.7 Å². The molecule has 172 valence electrons. The largest absolute Gasteiger partial charge is 0.467 e. The maximum absolute atomic E-state index is 12.9.